The van der Waals surface area contributed by atoms with Crippen molar-refractivity contribution in [2.45, 2.75) is 20.4 Å². The molecule has 0 bridgehead atoms. The maximum Gasteiger partial charge on any atom is 0.273 e. The zero-order valence-corrected chi connectivity index (χ0v) is 14.2. The van der Waals surface area contributed by atoms with Gasteiger partial charge >= 0.3 is 0 Å². The molecule has 0 fully saturated rings. The summed E-state index contributed by atoms with van der Waals surface area (Å²) in [5, 5.41) is 25.2. The van der Waals surface area contributed by atoms with Crippen LogP contribution >= 0.6 is 0 Å². The summed E-state index contributed by atoms with van der Waals surface area (Å²) in [6.45, 7) is 3.68. The summed E-state index contributed by atoms with van der Waals surface area (Å²) in [6.07, 6.45) is 0. The molecule has 1 aromatic heterocycles. The van der Waals surface area contributed by atoms with Crippen LogP contribution in [0.3, 0.4) is 0 Å². The third-order valence-electron chi connectivity index (χ3n) is 3.89. The van der Waals surface area contributed by atoms with Crippen molar-refractivity contribution in [3.05, 3.63) is 75.1 Å². The average molecular weight is 352 g/mol. The number of carbonyl (C=O) groups excluding carboxylic acids is 1. The van der Waals surface area contributed by atoms with Gasteiger partial charge in [-0.3, -0.25) is 14.9 Å². The highest BCUT2D eigenvalue weighted by atomic mass is 16.6. The van der Waals surface area contributed by atoms with Crippen LogP contribution in [0.4, 0.5) is 5.69 Å². The number of hydrogen-bond acceptors (Lipinski definition) is 6. The maximum atomic E-state index is 12.3. The van der Waals surface area contributed by atoms with E-state index in [1.54, 1.807) is 19.1 Å². The van der Waals surface area contributed by atoms with Gasteiger partial charge in [0.2, 0.25) is 0 Å². The highest BCUT2D eigenvalue weighted by molar-refractivity contribution is 5.94. The molecule has 0 unspecified atom stereocenters. The third kappa shape index (κ3) is 3.56. The molecular weight excluding hydrogens is 336 g/mol. The predicted molar refractivity (Wildman–Crippen MR) is 92.9 cm³/mol. The zero-order valence-electron chi connectivity index (χ0n) is 14.2. The molecule has 26 heavy (non-hydrogen) atoms. The molecule has 9 heteroatoms. The van der Waals surface area contributed by atoms with Gasteiger partial charge in [-0.25, -0.2) is 0 Å². The van der Waals surface area contributed by atoms with E-state index in [2.05, 4.69) is 20.8 Å². The second-order valence-electron chi connectivity index (χ2n) is 5.78. The Hall–Kier alpha value is -3.62. The minimum atomic E-state index is -0.510. The molecule has 0 saturated carbocycles. The molecule has 1 N–H and O–H groups in total. The van der Waals surface area contributed by atoms with Gasteiger partial charge in [0.1, 0.15) is 0 Å². The van der Waals surface area contributed by atoms with E-state index < -0.39 is 10.8 Å². The molecule has 0 aliphatic carbocycles. The average Bonchev–Trinajstić information content (AvgIpc) is 3.09. The quantitative estimate of drug-likeness (QED) is 0.555. The lowest BCUT2D eigenvalue weighted by Gasteiger charge is -2.07. The second kappa shape index (κ2) is 7.09. The minimum Gasteiger partial charge on any atom is -0.345 e. The summed E-state index contributed by atoms with van der Waals surface area (Å²) in [5.74, 6) is 0.00960. The molecule has 0 aliphatic rings. The van der Waals surface area contributed by atoms with E-state index in [0.29, 0.717) is 11.4 Å². The van der Waals surface area contributed by atoms with Gasteiger partial charge in [-0.2, -0.15) is 4.68 Å². The van der Waals surface area contributed by atoms with Crippen LogP contribution in [0.25, 0.3) is 5.69 Å². The first kappa shape index (κ1) is 17.2. The van der Waals surface area contributed by atoms with Crippen molar-refractivity contribution in [1.29, 1.82) is 0 Å². The van der Waals surface area contributed by atoms with Crippen molar-refractivity contribution in [1.82, 2.24) is 25.5 Å². The number of hydrogen-bond donors (Lipinski definition) is 1. The molecule has 2 aromatic carbocycles. The van der Waals surface area contributed by atoms with Crippen molar-refractivity contribution in [2.24, 2.45) is 0 Å². The summed E-state index contributed by atoms with van der Waals surface area (Å²) in [5.41, 5.74) is 2.49. The fourth-order valence-corrected chi connectivity index (χ4v) is 2.41. The number of rotatable bonds is 5. The van der Waals surface area contributed by atoms with Crippen molar-refractivity contribution in [2.75, 3.05) is 0 Å². The Bertz CT molecular complexity index is 965. The van der Waals surface area contributed by atoms with Gasteiger partial charge < -0.3 is 5.32 Å². The van der Waals surface area contributed by atoms with Crippen LogP contribution in [0, 0.1) is 24.0 Å². The summed E-state index contributed by atoms with van der Waals surface area (Å²) >= 11 is 0. The first-order chi connectivity index (χ1) is 12.5. The van der Waals surface area contributed by atoms with Crippen LogP contribution in [0.15, 0.2) is 42.5 Å². The normalized spacial score (nSPS) is 10.5. The summed E-state index contributed by atoms with van der Waals surface area (Å²) < 4.78 is 1.53. The summed E-state index contributed by atoms with van der Waals surface area (Å²) in [4.78, 5) is 22.8. The predicted octanol–water partition coefficient (Wildman–Crippen LogP) is 2.12. The van der Waals surface area contributed by atoms with E-state index in [9.17, 15) is 14.9 Å². The molecule has 3 rings (SSSR count). The molecule has 0 atom stereocenters. The number of tetrazole rings is 1. The second-order valence-corrected chi connectivity index (χ2v) is 5.78. The van der Waals surface area contributed by atoms with E-state index >= 15 is 0 Å². The number of aryl methyl sites for hydroxylation is 2. The lowest BCUT2D eigenvalue weighted by Crippen LogP contribution is -2.24. The number of aromatic nitrogens is 4. The number of amides is 1. The number of nitro benzene ring substituents is 1. The summed E-state index contributed by atoms with van der Waals surface area (Å²) in [7, 11) is 0. The van der Waals surface area contributed by atoms with Gasteiger partial charge in [0, 0.05) is 17.2 Å². The van der Waals surface area contributed by atoms with Gasteiger partial charge in [0.25, 0.3) is 11.6 Å². The van der Waals surface area contributed by atoms with Crippen LogP contribution in [0.5, 0.6) is 0 Å². The molecule has 1 heterocycles. The number of nitro groups is 1. The highest BCUT2D eigenvalue weighted by Gasteiger charge is 2.16. The van der Waals surface area contributed by atoms with Crippen molar-refractivity contribution < 1.29 is 9.72 Å². The van der Waals surface area contributed by atoms with E-state index in [4.69, 9.17) is 0 Å². The van der Waals surface area contributed by atoms with E-state index in [0.717, 1.165) is 11.3 Å². The SMILES string of the molecule is Cc1ccc(-n2nnnc2CNC(=O)c2ccc(C)c([N+](=O)[O-])c2)cc1. The molecule has 0 spiro atoms. The van der Waals surface area contributed by atoms with Crippen LogP contribution < -0.4 is 5.32 Å². The Morgan fingerprint density at radius 1 is 1.19 bits per heavy atom. The fraction of sp³-hybridized carbons (Fsp3) is 0.176. The lowest BCUT2D eigenvalue weighted by atomic mass is 10.1. The Morgan fingerprint density at radius 3 is 2.62 bits per heavy atom. The Kier molecular flexibility index (Phi) is 4.70. The van der Waals surface area contributed by atoms with Gasteiger partial charge in [-0.15, -0.1) is 5.10 Å². The molecule has 1 amide bonds. The number of benzene rings is 2. The van der Waals surface area contributed by atoms with E-state index in [1.807, 2.05) is 31.2 Å². The number of nitrogens with zero attached hydrogens (tertiary/aromatic N) is 5. The number of nitrogens with one attached hydrogen (secondary N) is 1. The van der Waals surface area contributed by atoms with Gasteiger partial charge in [-0.1, -0.05) is 23.8 Å². The molecule has 0 radical (unpaired) electrons. The Balaban J connectivity index is 1.75. The monoisotopic (exact) mass is 352 g/mol. The Labute approximate surface area is 148 Å². The van der Waals surface area contributed by atoms with Gasteiger partial charge in [0.05, 0.1) is 17.2 Å². The molecule has 9 nitrogen and oxygen atoms in total. The van der Waals surface area contributed by atoms with E-state index in [1.165, 1.54) is 10.7 Å². The standard InChI is InChI=1S/C17H16N6O3/c1-11-3-7-14(8-4-11)22-16(19-20-21-22)10-18-17(24)13-6-5-12(2)15(9-13)23(25)26/h3-9H,10H2,1-2H3,(H,18,24). The molecule has 0 saturated heterocycles. The third-order valence-corrected chi connectivity index (χ3v) is 3.89. The smallest absolute Gasteiger partial charge is 0.273 e. The summed E-state index contributed by atoms with van der Waals surface area (Å²) in [6, 6.07) is 12.0. The van der Waals surface area contributed by atoms with Crippen LogP contribution in [0.1, 0.15) is 27.3 Å². The Morgan fingerprint density at radius 2 is 1.92 bits per heavy atom. The maximum absolute atomic E-state index is 12.3. The highest BCUT2D eigenvalue weighted by Crippen LogP contribution is 2.19. The fourth-order valence-electron chi connectivity index (χ4n) is 2.41. The van der Waals surface area contributed by atoms with E-state index in [-0.39, 0.29) is 17.8 Å². The van der Waals surface area contributed by atoms with Crippen LogP contribution in [-0.2, 0) is 6.54 Å². The van der Waals surface area contributed by atoms with Gasteiger partial charge in [-0.05, 0) is 42.5 Å². The first-order valence-corrected chi connectivity index (χ1v) is 7.83. The van der Waals surface area contributed by atoms with Crippen LogP contribution in [0.2, 0.25) is 0 Å². The zero-order chi connectivity index (χ0) is 18.7. The molecular formula is C17H16N6O3. The molecule has 0 aliphatic heterocycles. The largest absolute Gasteiger partial charge is 0.345 e. The minimum absolute atomic E-state index is 0.0847. The topological polar surface area (TPSA) is 116 Å². The molecule has 132 valence electrons. The molecule has 3 aromatic rings. The van der Waals surface area contributed by atoms with Crippen molar-refractivity contribution >= 4 is 11.6 Å². The van der Waals surface area contributed by atoms with Crippen molar-refractivity contribution in [3.8, 4) is 5.69 Å². The first-order valence-electron chi connectivity index (χ1n) is 7.83. The van der Waals surface area contributed by atoms with Gasteiger partial charge in [0.15, 0.2) is 5.82 Å². The van der Waals surface area contributed by atoms with Crippen LogP contribution in [-0.4, -0.2) is 31.0 Å². The lowest BCUT2D eigenvalue weighted by molar-refractivity contribution is -0.385. The number of carbonyl (C=O) groups is 1. The van der Waals surface area contributed by atoms with Crippen molar-refractivity contribution in [3.63, 3.8) is 0 Å².